The van der Waals surface area contributed by atoms with E-state index in [1.807, 2.05) is 0 Å². The maximum Gasteiger partial charge on any atom is 0.215 e. The number of halogens is 1. The highest BCUT2D eigenvalue weighted by molar-refractivity contribution is 9.10. The molecular formula is C7H6BrO2. The smallest absolute Gasteiger partial charge is 0.215 e. The molecule has 0 spiro atoms. The van der Waals surface area contributed by atoms with Crippen molar-refractivity contribution in [3.05, 3.63) is 34.3 Å². The van der Waals surface area contributed by atoms with E-state index >= 15 is 0 Å². The SMILES string of the molecule is [O][C@@H](O)c1cccc(Br)c1. The summed E-state index contributed by atoms with van der Waals surface area (Å²) in [5, 5.41) is 19.0. The standard InChI is InChI=1S/C7H6BrO2/c8-6-3-1-2-5(4-6)7(9)10/h1-4,7,9H/t7-/m1/s1. The van der Waals surface area contributed by atoms with Crippen LogP contribution in [0, 0.1) is 0 Å². The largest absolute Gasteiger partial charge is 0.362 e. The Balaban J connectivity index is 2.96. The van der Waals surface area contributed by atoms with Crippen LogP contribution >= 0.6 is 15.9 Å². The van der Waals surface area contributed by atoms with Crippen LogP contribution in [0.5, 0.6) is 0 Å². The van der Waals surface area contributed by atoms with Gasteiger partial charge in [0.1, 0.15) is 0 Å². The van der Waals surface area contributed by atoms with Gasteiger partial charge >= 0.3 is 0 Å². The highest BCUT2D eigenvalue weighted by Gasteiger charge is 2.02. The molecule has 0 saturated heterocycles. The summed E-state index contributed by atoms with van der Waals surface area (Å²) < 4.78 is 0.805. The molecule has 0 bridgehead atoms. The molecule has 1 N–H and O–H groups in total. The highest BCUT2D eigenvalue weighted by atomic mass is 79.9. The molecule has 0 aliphatic rings. The van der Waals surface area contributed by atoms with Gasteiger partial charge in [0.05, 0.1) is 0 Å². The van der Waals surface area contributed by atoms with Gasteiger partial charge in [0.2, 0.25) is 6.29 Å². The number of aliphatic hydroxyl groups is 1. The highest BCUT2D eigenvalue weighted by Crippen LogP contribution is 2.15. The van der Waals surface area contributed by atoms with Crippen molar-refractivity contribution in [3.63, 3.8) is 0 Å². The third-order valence-electron chi connectivity index (χ3n) is 1.13. The molecule has 0 saturated carbocycles. The Labute approximate surface area is 67.3 Å². The Morgan fingerprint density at radius 1 is 1.50 bits per heavy atom. The van der Waals surface area contributed by atoms with Crippen molar-refractivity contribution in [1.29, 1.82) is 0 Å². The lowest BCUT2D eigenvalue weighted by atomic mass is 10.2. The van der Waals surface area contributed by atoms with Crippen LogP contribution in [0.15, 0.2) is 28.7 Å². The summed E-state index contributed by atoms with van der Waals surface area (Å²) in [6.45, 7) is 0. The molecule has 0 amide bonds. The van der Waals surface area contributed by atoms with Crippen LogP contribution in [0.4, 0.5) is 0 Å². The van der Waals surface area contributed by atoms with Gasteiger partial charge in [0.25, 0.3) is 0 Å². The zero-order valence-corrected chi connectivity index (χ0v) is 6.71. The summed E-state index contributed by atoms with van der Waals surface area (Å²) in [5.74, 6) is 0. The van der Waals surface area contributed by atoms with E-state index in [0.717, 1.165) is 4.47 Å². The number of hydrogen-bond acceptors (Lipinski definition) is 1. The molecule has 2 nitrogen and oxygen atoms in total. The molecule has 53 valence electrons. The predicted octanol–water partition coefficient (Wildman–Crippen LogP) is 1.87. The van der Waals surface area contributed by atoms with Gasteiger partial charge in [0.15, 0.2) is 0 Å². The Morgan fingerprint density at radius 2 is 2.20 bits per heavy atom. The minimum absolute atomic E-state index is 0.384. The monoisotopic (exact) mass is 201 g/mol. The summed E-state index contributed by atoms with van der Waals surface area (Å²) in [4.78, 5) is 0. The molecule has 1 aromatic carbocycles. The Bertz CT molecular complexity index is 223. The number of hydrogen-bond donors (Lipinski definition) is 1. The lowest BCUT2D eigenvalue weighted by Gasteiger charge is -1.99. The van der Waals surface area contributed by atoms with Crippen molar-refractivity contribution in [2.45, 2.75) is 6.29 Å². The van der Waals surface area contributed by atoms with Gasteiger partial charge in [-0.3, -0.25) is 0 Å². The van der Waals surface area contributed by atoms with Crippen LogP contribution in [-0.2, 0) is 5.11 Å². The minimum Gasteiger partial charge on any atom is -0.362 e. The zero-order valence-electron chi connectivity index (χ0n) is 5.12. The van der Waals surface area contributed by atoms with Crippen LogP contribution in [0.25, 0.3) is 0 Å². The van der Waals surface area contributed by atoms with Crippen LogP contribution in [0.2, 0.25) is 0 Å². The molecule has 1 radical (unpaired) electrons. The minimum atomic E-state index is -1.63. The molecular weight excluding hydrogens is 196 g/mol. The van der Waals surface area contributed by atoms with Crippen molar-refractivity contribution in [2.24, 2.45) is 0 Å². The summed E-state index contributed by atoms with van der Waals surface area (Å²) in [7, 11) is 0. The second-order valence-corrected chi connectivity index (χ2v) is 2.82. The van der Waals surface area contributed by atoms with E-state index in [1.54, 1.807) is 24.3 Å². The Kier molecular flexibility index (Phi) is 2.43. The van der Waals surface area contributed by atoms with E-state index < -0.39 is 6.29 Å². The maximum absolute atomic E-state index is 10.4. The van der Waals surface area contributed by atoms with Crippen LogP contribution in [0.1, 0.15) is 11.9 Å². The summed E-state index contributed by atoms with van der Waals surface area (Å²) in [5.41, 5.74) is 0.384. The van der Waals surface area contributed by atoms with Crippen molar-refractivity contribution < 1.29 is 10.2 Å². The van der Waals surface area contributed by atoms with E-state index in [-0.39, 0.29) is 0 Å². The fraction of sp³-hybridized carbons (Fsp3) is 0.143. The third kappa shape index (κ3) is 1.80. The van der Waals surface area contributed by atoms with Gasteiger partial charge in [-0.15, -0.1) is 0 Å². The van der Waals surface area contributed by atoms with Crippen molar-refractivity contribution >= 4 is 15.9 Å². The van der Waals surface area contributed by atoms with Gasteiger partial charge in [-0.25, -0.2) is 0 Å². The lowest BCUT2D eigenvalue weighted by molar-refractivity contribution is -0.0951. The van der Waals surface area contributed by atoms with Crippen molar-refractivity contribution in [2.75, 3.05) is 0 Å². The number of aliphatic hydroxyl groups excluding tert-OH is 1. The molecule has 1 atom stereocenters. The fourth-order valence-electron chi connectivity index (χ4n) is 0.660. The first-order valence-corrected chi connectivity index (χ1v) is 3.59. The van der Waals surface area contributed by atoms with Crippen molar-refractivity contribution in [3.8, 4) is 0 Å². The molecule has 0 aliphatic carbocycles. The Hall–Kier alpha value is -0.380. The number of rotatable bonds is 1. The lowest BCUT2D eigenvalue weighted by Crippen LogP contribution is -1.91. The molecule has 0 fully saturated rings. The second-order valence-electron chi connectivity index (χ2n) is 1.91. The molecule has 0 aromatic heterocycles. The maximum atomic E-state index is 10.4. The van der Waals surface area contributed by atoms with E-state index in [2.05, 4.69) is 15.9 Å². The molecule has 3 heteroatoms. The molecule has 10 heavy (non-hydrogen) atoms. The van der Waals surface area contributed by atoms with E-state index in [1.165, 1.54) is 0 Å². The van der Waals surface area contributed by atoms with Gasteiger partial charge < -0.3 is 5.11 Å². The summed E-state index contributed by atoms with van der Waals surface area (Å²) >= 11 is 3.18. The summed E-state index contributed by atoms with van der Waals surface area (Å²) in [6, 6.07) is 6.69. The van der Waals surface area contributed by atoms with Gasteiger partial charge in [-0.05, 0) is 12.1 Å². The first kappa shape index (κ1) is 7.72. The van der Waals surface area contributed by atoms with Gasteiger partial charge in [-0.2, -0.15) is 5.11 Å². The Morgan fingerprint density at radius 3 is 2.60 bits per heavy atom. The van der Waals surface area contributed by atoms with Crippen LogP contribution < -0.4 is 0 Å². The zero-order chi connectivity index (χ0) is 7.56. The molecule has 1 rings (SSSR count). The van der Waals surface area contributed by atoms with Crippen LogP contribution in [-0.4, -0.2) is 5.11 Å². The van der Waals surface area contributed by atoms with Gasteiger partial charge in [0, 0.05) is 10.0 Å². The predicted molar refractivity (Wildman–Crippen MR) is 39.8 cm³/mol. The third-order valence-corrected chi connectivity index (χ3v) is 1.63. The number of benzene rings is 1. The second kappa shape index (κ2) is 3.14. The van der Waals surface area contributed by atoms with E-state index in [9.17, 15) is 5.11 Å². The average Bonchev–Trinajstić information content (AvgIpc) is 1.88. The molecule has 0 unspecified atom stereocenters. The molecule has 0 heterocycles. The summed E-state index contributed by atoms with van der Waals surface area (Å²) in [6.07, 6.45) is -1.63. The van der Waals surface area contributed by atoms with Gasteiger partial charge in [-0.1, -0.05) is 28.1 Å². The van der Waals surface area contributed by atoms with Crippen LogP contribution in [0.3, 0.4) is 0 Å². The fourth-order valence-corrected chi connectivity index (χ4v) is 1.08. The normalized spacial score (nSPS) is 10.4. The average molecular weight is 202 g/mol. The van der Waals surface area contributed by atoms with E-state index in [4.69, 9.17) is 5.11 Å². The topological polar surface area (TPSA) is 40.1 Å². The van der Waals surface area contributed by atoms with E-state index in [0.29, 0.717) is 5.56 Å². The van der Waals surface area contributed by atoms with Crippen molar-refractivity contribution in [1.82, 2.24) is 0 Å². The first-order valence-electron chi connectivity index (χ1n) is 2.79. The molecule has 0 aliphatic heterocycles. The molecule has 1 aromatic rings. The quantitative estimate of drug-likeness (QED) is 0.693. The first-order chi connectivity index (χ1) is 4.70.